The summed E-state index contributed by atoms with van der Waals surface area (Å²) in [5.74, 6) is 0. The molecule has 0 aliphatic heterocycles. The molecule has 9 heavy (non-hydrogen) atoms. The lowest BCUT2D eigenvalue weighted by atomic mass is 9.83. The Morgan fingerprint density at radius 3 is 2.33 bits per heavy atom. The maximum absolute atomic E-state index is 8.60. The van der Waals surface area contributed by atoms with Crippen LogP contribution in [-0.2, 0) is 0 Å². The van der Waals surface area contributed by atoms with Crippen LogP contribution in [0.3, 0.4) is 0 Å². The Hall–Kier alpha value is -0.255. The van der Waals surface area contributed by atoms with E-state index in [0.717, 1.165) is 0 Å². The molecule has 0 saturated heterocycles. The summed E-state index contributed by atoms with van der Waals surface area (Å²) in [6.07, 6.45) is 3.16. The van der Waals surface area contributed by atoms with E-state index in [9.17, 15) is 0 Å². The molecule has 5 heteroatoms. The molecule has 48 valence electrons. The standard InChI is InChI=1S/C4H5BBrNO2/c6-4-2-7-1-3(4)5(8)9/h1-2,7-9H. The molecular weight excluding hydrogens is 185 g/mol. The van der Waals surface area contributed by atoms with Crippen LogP contribution in [0.4, 0.5) is 0 Å². The fourth-order valence-corrected chi connectivity index (χ4v) is 1.01. The van der Waals surface area contributed by atoms with E-state index in [1.54, 1.807) is 6.20 Å². The number of H-pyrrole nitrogens is 1. The maximum Gasteiger partial charge on any atom is 0.491 e. The molecule has 0 saturated carbocycles. The van der Waals surface area contributed by atoms with Crippen molar-refractivity contribution in [1.82, 2.24) is 4.98 Å². The first-order chi connectivity index (χ1) is 4.22. The smallest absolute Gasteiger partial charge is 0.423 e. The van der Waals surface area contributed by atoms with Crippen LogP contribution in [0.2, 0.25) is 0 Å². The van der Waals surface area contributed by atoms with Gasteiger partial charge in [-0.15, -0.1) is 0 Å². The fourth-order valence-electron chi connectivity index (χ4n) is 0.555. The molecule has 3 N–H and O–H groups in total. The van der Waals surface area contributed by atoms with Crippen LogP contribution < -0.4 is 5.46 Å². The average molecular weight is 190 g/mol. The van der Waals surface area contributed by atoms with Crippen LogP contribution in [-0.4, -0.2) is 22.2 Å². The van der Waals surface area contributed by atoms with Gasteiger partial charge in [0, 0.05) is 22.3 Å². The first-order valence-electron chi connectivity index (χ1n) is 2.40. The highest BCUT2D eigenvalue weighted by Crippen LogP contribution is 2.03. The van der Waals surface area contributed by atoms with Gasteiger partial charge in [-0.25, -0.2) is 0 Å². The number of hydrogen-bond donors (Lipinski definition) is 3. The molecule has 3 nitrogen and oxygen atoms in total. The van der Waals surface area contributed by atoms with Crippen molar-refractivity contribution in [2.24, 2.45) is 0 Å². The van der Waals surface area contributed by atoms with Crippen LogP contribution in [0.1, 0.15) is 0 Å². The zero-order chi connectivity index (χ0) is 6.85. The van der Waals surface area contributed by atoms with Crippen molar-refractivity contribution >= 4 is 28.5 Å². The highest BCUT2D eigenvalue weighted by molar-refractivity contribution is 9.10. The van der Waals surface area contributed by atoms with Crippen molar-refractivity contribution in [2.45, 2.75) is 0 Å². The van der Waals surface area contributed by atoms with E-state index in [2.05, 4.69) is 20.9 Å². The minimum Gasteiger partial charge on any atom is -0.423 e. The van der Waals surface area contributed by atoms with Gasteiger partial charge >= 0.3 is 7.12 Å². The Morgan fingerprint density at radius 2 is 2.11 bits per heavy atom. The third-order valence-corrected chi connectivity index (χ3v) is 1.69. The van der Waals surface area contributed by atoms with Crippen molar-refractivity contribution in [3.63, 3.8) is 0 Å². The Morgan fingerprint density at radius 1 is 1.44 bits per heavy atom. The lowest BCUT2D eigenvalue weighted by Gasteiger charge is -1.91. The largest absolute Gasteiger partial charge is 0.491 e. The second-order valence-electron chi connectivity index (χ2n) is 1.63. The first kappa shape index (κ1) is 6.86. The molecule has 0 amide bonds. The van der Waals surface area contributed by atoms with Gasteiger partial charge in [-0.05, 0) is 15.9 Å². The zero-order valence-electron chi connectivity index (χ0n) is 4.50. The van der Waals surface area contributed by atoms with Gasteiger partial charge in [-0.3, -0.25) is 0 Å². The van der Waals surface area contributed by atoms with E-state index >= 15 is 0 Å². The molecule has 0 atom stereocenters. The van der Waals surface area contributed by atoms with Gasteiger partial charge in [-0.1, -0.05) is 0 Å². The predicted molar refractivity (Wildman–Crippen MR) is 38.3 cm³/mol. The summed E-state index contributed by atoms with van der Waals surface area (Å²) < 4.78 is 0.678. The Bertz CT molecular complexity index is 200. The third-order valence-electron chi connectivity index (χ3n) is 1.00. The minimum atomic E-state index is -1.40. The molecule has 0 aliphatic rings. The molecule has 0 fully saturated rings. The fraction of sp³-hybridized carbons (Fsp3) is 0. The molecular formula is C4H5BBrNO2. The highest BCUT2D eigenvalue weighted by Gasteiger charge is 2.14. The van der Waals surface area contributed by atoms with Crippen molar-refractivity contribution in [3.8, 4) is 0 Å². The van der Waals surface area contributed by atoms with E-state index < -0.39 is 7.12 Å². The number of aromatic nitrogens is 1. The van der Waals surface area contributed by atoms with E-state index in [4.69, 9.17) is 10.0 Å². The number of aromatic amines is 1. The summed E-state index contributed by atoms with van der Waals surface area (Å²) >= 11 is 3.12. The predicted octanol–water partition coefficient (Wildman–Crippen LogP) is -0.543. The molecule has 1 rings (SSSR count). The van der Waals surface area contributed by atoms with E-state index in [1.165, 1.54) is 6.20 Å². The molecule has 0 unspecified atom stereocenters. The van der Waals surface area contributed by atoms with Crippen LogP contribution in [0.5, 0.6) is 0 Å². The lowest BCUT2D eigenvalue weighted by Crippen LogP contribution is -2.29. The summed E-state index contributed by atoms with van der Waals surface area (Å²) in [7, 11) is -1.40. The van der Waals surface area contributed by atoms with Gasteiger partial charge in [0.25, 0.3) is 0 Å². The summed E-state index contributed by atoms with van der Waals surface area (Å²) in [5.41, 5.74) is 0.454. The highest BCUT2D eigenvalue weighted by atomic mass is 79.9. The SMILES string of the molecule is OB(O)c1c[nH]cc1Br. The molecule has 1 aromatic rings. The summed E-state index contributed by atoms with van der Waals surface area (Å²) in [4.78, 5) is 2.71. The minimum absolute atomic E-state index is 0.454. The number of nitrogens with one attached hydrogen (secondary N) is 1. The van der Waals surface area contributed by atoms with Crippen molar-refractivity contribution in [3.05, 3.63) is 16.9 Å². The second-order valence-corrected chi connectivity index (χ2v) is 2.49. The van der Waals surface area contributed by atoms with Crippen molar-refractivity contribution in [1.29, 1.82) is 0 Å². The topological polar surface area (TPSA) is 56.2 Å². The Balaban J connectivity index is 2.94. The Labute approximate surface area is 61.0 Å². The van der Waals surface area contributed by atoms with Gasteiger partial charge in [0.1, 0.15) is 0 Å². The van der Waals surface area contributed by atoms with Crippen LogP contribution in [0.15, 0.2) is 16.9 Å². The molecule has 1 heterocycles. The molecule has 0 bridgehead atoms. The molecule has 0 spiro atoms. The molecule has 0 aliphatic carbocycles. The number of hydrogen-bond acceptors (Lipinski definition) is 2. The normalized spacial score (nSPS) is 9.67. The van der Waals surface area contributed by atoms with E-state index in [0.29, 0.717) is 9.94 Å². The monoisotopic (exact) mass is 189 g/mol. The quantitative estimate of drug-likeness (QED) is 0.520. The van der Waals surface area contributed by atoms with Gasteiger partial charge in [0.15, 0.2) is 0 Å². The van der Waals surface area contributed by atoms with Crippen LogP contribution in [0, 0.1) is 0 Å². The summed E-state index contributed by atoms with van der Waals surface area (Å²) in [5, 5.41) is 17.2. The van der Waals surface area contributed by atoms with E-state index in [1.807, 2.05) is 0 Å². The van der Waals surface area contributed by atoms with Gasteiger partial charge in [0.05, 0.1) is 0 Å². The molecule has 1 aromatic heterocycles. The van der Waals surface area contributed by atoms with Gasteiger partial charge in [0.2, 0.25) is 0 Å². The molecule has 0 radical (unpaired) electrons. The second kappa shape index (κ2) is 2.55. The summed E-state index contributed by atoms with van der Waals surface area (Å²) in [6.45, 7) is 0. The van der Waals surface area contributed by atoms with Crippen molar-refractivity contribution < 1.29 is 10.0 Å². The first-order valence-corrected chi connectivity index (χ1v) is 3.19. The van der Waals surface area contributed by atoms with Gasteiger partial charge in [-0.2, -0.15) is 0 Å². The van der Waals surface area contributed by atoms with Crippen molar-refractivity contribution in [2.75, 3.05) is 0 Å². The zero-order valence-corrected chi connectivity index (χ0v) is 6.09. The number of rotatable bonds is 1. The van der Waals surface area contributed by atoms with Gasteiger partial charge < -0.3 is 15.0 Å². The van der Waals surface area contributed by atoms with E-state index in [-0.39, 0.29) is 0 Å². The third kappa shape index (κ3) is 1.35. The van der Waals surface area contributed by atoms with Crippen LogP contribution in [0.25, 0.3) is 0 Å². The Kier molecular flexibility index (Phi) is 1.95. The number of halogens is 1. The molecule has 0 aromatic carbocycles. The van der Waals surface area contributed by atoms with Crippen LogP contribution >= 0.6 is 15.9 Å². The average Bonchev–Trinajstić information content (AvgIpc) is 2.13. The maximum atomic E-state index is 8.60. The summed E-state index contributed by atoms with van der Waals surface area (Å²) in [6, 6.07) is 0. The lowest BCUT2D eigenvalue weighted by molar-refractivity contribution is 0.425.